The monoisotopic (exact) mass is 404 g/mol. The molecule has 3 nitrogen and oxygen atoms in total. The van der Waals surface area contributed by atoms with Gasteiger partial charge in [-0.15, -0.1) is 0 Å². The molecule has 23 heavy (non-hydrogen) atoms. The summed E-state index contributed by atoms with van der Waals surface area (Å²) in [6.45, 7) is 3.20. The van der Waals surface area contributed by atoms with Crippen molar-refractivity contribution in [2.24, 2.45) is 0 Å². The van der Waals surface area contributed by atoms with E-state index in [2.05, 4.69) is 15.9 Å². The Morgan fingerprint density at radius 3 is 2.17 bits per heavy atom. The Morgan fingerprint density at radius 1 is 1.04 bits per heavy atom. The van der Waals surface area contributed by atoms with Crippen molar-refractivity contribution in [2.75, 3.05) is 6.26 Å². The fourth-order valence-corrected chi connectivity index (χ4v) is 2.86. The van der Waals surface area contributed by atoms with E-state index in [1.807, 2.05) is 0 Å². The summed E-state index contributed by atoms with van der Waals surface area (Å²) in [5.74, 6) is -1.35. The van der Waals surface area contributed by atoms with Gasteiger partial charge in [-0.25, -0.2) is 17.2 Å². The summed E-state index contributed by atoms with van der Waals surface area (Å²) in [6.07, 6.45) is 1.17. The number of sulfone groups is 1. The zero-order chi connectivity index (χ0) is 17.4. The van der Waals surface area contributed by atoms with Crippen LogP contribution in [-0.4, -0.2) is 14.7 Å². The number of halogens is 3. The first kappa shape index (κ1) is 17.9. The predicted molar refractivity (Wildman–Crippen MR) is 88.4 cm³/mol. The molecule has 0 fully saturated rings. The number of hydrogen-bond acceptors (Lipinski definition) is 3. The third kappa shape index (κ3) is 3.72. The maximum absolute atomic E-state index is 13.6. The standard InChI is InChI=1S/C16H15BrF2O3S/c1-16(2,23(3,20)21)10-4-6-14(12(17)8-10)22-15-7-5-11(18)9-13(15)19/h4-9H,1-3H3. The highest BCUT2D eigenvalue weighted by Crippen LogP contribution is 2.36. The highest BCUT2D eigenvalue weighted by Gasteiger charge is 2.32. The second-order valence-corrected chi connectivity index (χ2v) is 9.02. The van der Waals surface area contributed by atoms with Crippen LogP contribution in [0.2, 0.25) is 0 Å². The van der Waals surface area contributed by atoms with E-state index in [1.165, 1.54) is 18.4 Å². The van der Waals surface area contributed by atoms with Gasteiger partial charge in [-0.1, -0.05) is 6.07 Å². The van der Waals surface area contributed by atoms with E-state index in [1.54, 1.807) is 26.0 Å². The Morgan fingerprint density at radius 2 is 1.65 bits per heavy atom. The SMILES string of the molecule is CC(C)(c1ccc(Oc2ccc(F)cc2F)c(Br)c1)S(C)(=O)=O. The number of benzene rings is 2. The average Bonchev–Trinajstić information content (AvgIpc) is 2.42. The molecule has 2 aromatic carbocycles. The number of ether oxygens (including phenoxy) is 1. The quantitative estimate of drug-likeness (QED) is 0.734. The van der Waals surface area contributed by atoms with Crippen molar-refractivity contribution >= 4 is 25.8 Å². The Labute approximate surface area is 142 Å². The van der Waals surface area contributed by atoms with E-state index in [-0.39, 0.29) is 5.75 Å². The molecule has 0 atom stereocenters. The van der Waals surface area contributed by atoms with Gasteiger partial charge in [-0.05, 0) is 59.6 Å². The van der Waals surface area contributed by atoms with Gasteiger partial charge in [0.05, 0.1) is 9.22 Å². The lowest BCUT2D eigenvalue weighted by Crippen LogP contribution is -2.27. The van der Waals surface area contributed by atoms with Crippen molar-refractivity contribution in [3.8, 4) is 11.5 Å². The summed E-state index contributed by atoms with van der Waals surface area (Å²) >= 11 is 3.29. The lowest BCUT2D eigenvalue weighted by atomic mass is 10.0. The van der Waals surface area contributed by atoms with Gasteiger partial charge < -0.3 is 4.74 Å². The van der Waals surface area contributed by atoms with Crippen molar-refractivity contribution in [1.82, 2.24) is 0 Å². The summed E-state index contributed by atoms with van der Waals surface area (Å²) in [7, 11) is -3.32. The first-order chi connectivity index (χ1) is 10.5. The summed E-state index contributed by atoms with van der Waals surface area (Å²) in [5, 5.41) is 0. The molecule has 0 aliphatic rings. The number of hydrogen-bond donors (Lipinski definition) is 0. The van der Waals surface area contributed by atoms with Crippen molar-refractivity contribution in [3.63, 3.8) is 0 Å². The molecule has 0 saturated heterocycles. The van der Waals surface area contributed by atoms with E-state index in [9.17, 15) is 17.2 Å². The van der Waals surface area contributed by atoms with E-state index in [0.29, 0.717) is 15.8 Å². The third-order valence-corrected chi connectivity index (χ3v) is 6.38. The van der Waals surface area contributed by atoms with Crippen molar-refractivity contribution in [1.29, 1.82) is 0 Å². The molecule has 124 valence electrons. The first-order valence-electron chi connectivity index (χ1n) is 6.65. The smallest absolute Gasteiger partial charge is 0.168 e. The largest absolute Gasteiger partial charge is 0.453 e. The van der Waals surface area contributed by atoms with Gasteiger partial charge in [0.25, 0.3) is 0 Å². The van der Waals surface area contributed by atoms with E-state index in [0.717, 1.165) is 12.1 Å². The minimum absolute atomic E-state index is 0.123. The molecule has 0 amide bonds. The topological polar surface area (TPSA) is 43.4 Å². The molecule has 0 N–H and O–H groups in total. The van der Waals surface area contributed by atoms with Gasteiger partial charge in [0, 0.05) is 12.3 Å². The molecule has 0 radical (unpaired) electrons. The first-order valence-corrected chi connectivity index (χ1v) is 9.33. The zero-order valence-corrected chi connectivity index (χ0v) is 15.1. The molecule has 7 heteroatoms. The lowest BCUT2D eigenvalue weighted by Gasteiger charge is -2.23. The highest BCUT2D eigenvalue weighted by atomic mass is 79.9. The Balaban J connectivity index is 2.37. The molecular weight excluding hydrogens is 390 g/mol. The fraction of sp³-hybridized carbons (Fsp3) is 0.250. The molecule has 0 aliphatic carbocycles. The molecular formula is C16H15BrF2O3S. The zero-order valence-electron chi connectivity index (χ0n) is 12.7. The van der Waals surface area contributed by atoms with Gasteiger partial charge >= 0.3 is 0 Å². The van der Waals surface area contributed by atoms with Crippen molar-refractivity contribution < 1.29 is 21.9 Å². The van der Waals surface area contributed by atoms with E-state index < -0.39 is 26.2 Å². The lowest BCUT2D eigenvalue weighted by molar-refractivity contribution is 0.435. The molecule has 2 rings (SSSR count). The van der Waals surface area contributed by atoms with Crippen LogP contribution < -0.4 is 4.74 Å². The molecule has 0 heterocycles. The van der Waals surface area contributed by atoms with E-state index >= 15 is 0 Å². The van der Waals surface area contributed by atoms with Crippen LogP contribution in [0.3, 0.4) is 0 Å². The van der Waals surface area contributed by atoms with Crippen LogP contribution >= 0.6 is 15.9 Å². The van der Waals surface area contributed by atoms with Crippen LogP contribution in [-0.2, 0) is 14.6 Å². The van der Waals surface area contributed by atoms with Gasteiger partial charge in [-0.3, -0.25) is 0 Å². The van der Waals surface area contributed by atoms with Crippen LogP contribution in [0.25, 0.3) is 0 Å². The van der Waals surface area contributed by atoms with Crippen molar-refractivity contribution in [3.05, 3.63) is 58.1 Å². The summed E-state index contributed by atoms with van der Waals surface area (Å²) < 4.78 is 55.1. The second kappa shape index (κ2) is 6.20. The molecule has 0 aliphatic heterocycles. The van der Waals surface area contributed by atoms with Gasteiger partial charge in [0.1, 0.15) is 11.6 Å². The molecule has 0 saturated carbocycles. The average molecular weight is 405 g/mol. The van der Waals surface area contributed by atoms with Crippen molar-refractivity contribution in [2.45, 2.75) is 18.6 Å². The molecule has 0 bridgehead atoms. The molecule has 0 unspecified atom stereocenters. The Kier molecular flexibility index (Phi) is 4.82. The van der Waals surface area contributed by atoms with E-state index in [4.69, 9.17) is 4.74 Å². The van der Waals surface area contributed by atoms with Crippen LogP contribution in [0.4, 0.5) is 8.78 Å². The Hall–Kier alpha value is -1.47. The highest BCUT2D eigenvalue weighted by molar-refractivity contribution is 9.10. The van der Waals surface area contributed by atoms with Crippen LogP contribution in [0.1, 0.15) is 19.4 Å². The Bertz CT molecular complexity index is 848. The fourth-order valence-electron chi connectivity index (χ4n) is 1.85. The van der Waals surface area contributed by atoms with Gasteiger partial charge in [-0.2, -0.15) is 0 Å². The van der Waals surface area contributed by atoms with Gasteiger partial charge in [0.15, 0.2) is 21.4 Å². The minimum atomic E-state index is -3.32. The second-order valence-electron chi connectivity index (χ2n) is 5.60. The van der Waals surface area contributed by atoms with Crippen LogP contribution in [0.15, 0.2) is 40.9 Å². The van der Waals surface area contributed by atoms with Gasteiger partial charge in [0.2, 0.25) is 0 Å². The third-order valence-electron chi connectivity index (χ3n) is 3.67. The molecule has 0 aromatic heterocycles. The molecule has 0 spiro atoms. The normalized spacial score (nSPS) is 12.3. The molecule has 2 aromatic rings. The summed E-state index contributed by atoms with van der Waals surface area (Å²) in [6, 6.07) is 7.75. The predicted octanol–water partition coefficient (Wildman–Crippen LogP) is 4.80. The number of rotatable bonds is 4. The maximum Gasteiger partial charge on any atom is 0.168 e. The van der Waals surface area contributed by atoms with Crippen LogP contribution in [0.5, 0.6) is 11.5 Å². The summed E-state index contributed by atoms with van der Waals surface area (Å²) in [4.78, 5) is 0. The minimum Gasteiger partial charge on any atom is -0.453 e. The maximum atomic E-state index is 13.6. The summed E-state index contributed by atoms with van der Waals surface area (Å²) in [5.41, 5.74) is 0.568. The van der Waals surface area contributed by atoms with Crippen LogP contribution in [0, 0.1) is 11.6 Å².